The summed E-state index contributed by atoms with van der Waals surface area (Å²) in [6.45, 7) is 0.116. The van der Waals surface area contributed by atoms with Gasteiger partial charge in [0.1, 0.15) is 12.7 Å². The SMILES string of the molecule is O=C(OC[C@H]1OC(=O)[C@@H]2C=C[C@H]12)c1ccccc1. The lowest BCUT2D eigenvalue weighted by Crippen LogP contribution is -2.28. The topological polar surface area (TPSA) is 52.6 Å². The number of benzene rings is 1. The number of rotatable bonds is 3. The monoisotopic (exact) mass is 244 g/mol. The van der Waals surface area contributed by atoms with E-state index < -0.39 is 5.97 Å². The van der Waals surface area contributed by atoms with E-state index in [0.717, 1.165) is 0 Å². The molecular weight excluding hydrogens is 232 g/mol. The van der Waals surface area contributed by atoms with E-state index in [-0.39, 0.29) is 30.5 Å². The van der Waals surface area contributed by atoms with Crippen LogP contribution in [0.3, 0.4) is 0 Å². The molecule has 1 aromatic carbocycles. The lowest BCUT2D eigenvalue weighted by atomic mass is 9.81. The Morgan fingerprint density at radius 3 is 2.61 bits per heavy atom. The fourth-order valence-electron chi connectivity index (χ4n) is 2.21. The molecule has 1 aliphatic heterocycles. The van der Waals surface area contributed by atoms with Gasteiger partial charge in [-0.2, -0.15) is 0 Å². The summed E-state index contributed by atoms with van der Waals surface area (Å²) < 4.78 is 10.3. The molecule has 0 bridgehead atoms. The third-order valence-electron chi connectivity index (χ3n) is 3.31. The molecule has 4 heteroatoms. The summed E-state index contributed by atoms with van der Waals surface area (Å²) in [6, 6.07) is 8.76. The van der Waals surface area contributed by atoms with Crippen LogP contribution in [0.15, 0.2) is 42.5 Å². The molecule has 0 saturated carbocycles. The van der Waals surface area contributed by atoms with Gasteiger partial charge < -0.3 is 9.47 Å². The van der Waals surface area contributed by atoms with Gasteiger partial charge in [-0.15, -0.1) is 0 Å². The first-order valence-corrected chi connectivity index (χ1v) is 5.87. The van der Waals surface area contributed by atoms with Crippen LogP contribution in [0.4, 0.5) is 0 Å². The largest absolute Gasteiger partial charge is 0.458 e. The second kappa shape index (κ2) is 4.29. The molecule has 0 N–H and O–H groups in total. The molecule has 1 fully saturated rings. The average molecular weight is 244 g/mol. The second-order valence-corrected chi connectivity index (χ2v) is 4.43. The minimum Gasteiger partial charge on any atom is -0.458 e. The van der Waals surface area contributed by atoms with Crippen LogP contribution in [0.5, 0.6) is 0 Å². The lowest BCUT2D eigenvalue weighted by molar-refractivity contribution is -0.144. The summed E-state index contributed by atoms with van der Waals surface area (Å²) in [7, 11) is 0. The third kappa shape index (κ3) is 1.79. The predicted octanol–water partition coefficient (Wildman–Crippen LogP) is 1.57. The Labute approximate surface area is 104 Å². The summed E-state index contributed by atoms with van der Waals surface area (Å²) in [6.07, 6.45) is 3.42. The highest BCUT2D eigenvalue weighted by Crippen LogP contribution is 2.37. The number of ether oxygens (including phenoxy) is 2. The Morgan fingerprint density at radius 1 is 1.22 bits per heavy atom. The maximum Gasteiger partial charge on any atom is 0.338 e. The first-order valence-electron chi connectivity index (χ1n) is 5.87. The van der Waals surface area contributed by atoms with E-state index in [1.165, 1.54) is 0 Å². The van der Waals surface area contributed by atoms with Crippen LogP contribution in [-0.2, 0) is 14.3 Å². The van der Waals surface area contributed by atoms with E-state index in [4.69, 9.17) is 9.47 Å². The fourth-order valence-corrected chi connectivity index (χ4v) is 2.21. The van der Waals surface area contributed by atoms with Crippen molar-refractivity contribution >= 4 is 11.9 Å². The summed E-state index contributed by atoms with van der Waals surface area (Å²) in [5.41, 5.74) is 0.502. The number of carbonyl (C=O) groups is 2. The zero-order chi connectivity index (χ0) is 12.5. The highest BCUT2D eigenvalue weighted by Gasteiger charge is 2.46. The molecule has 3 rings (SSSR count). The molecule has 0 radical (unpaired) electrons. The highest BCUT2D eigenvalue weighted by atomic mass is 16.6. The van der Waals surface area contributed by atoms with Crippen molar-refractivity contribution in [3.63, 3.8) is 0 Å². The van der Waals surface area contributed by atoms with Gasteiger partial charge in [0.25, 0.3) is 0 Å². The predicted molar refractivity (Wildman–Crippen MR) is 62.7 cm³/mol. The van der Waals surface area contributed by atoms with Gasteiger partial charge in [-0.25, -0.2) is 4.79 Å². The van der Waals surface area contributed by atoms with E-state index in [2.05, 4.69) is 0 Å². The molecule has 2 aliphatic rings. The summed E-state index contributed by atoms with van der Waals surface area (Å²) in [4.78, 5) is 23.1. The molecule has 1 saturated heterocycles. The van der Waals surface area contributed by atoms with Gasteiger partial charge in [-0.1, -0.05) is 30.4 Å². The Balaban J connectivity index is 1.58. The number of cyclic esters (lactones) is 1. The fraction of sp³-hybridized carbons (Fsp3) is 0.286. The molecule has 0 amide bonds. The van der Waals surface area contributed by atoms with Crippen molar-refractivity contribution in [1.29, 1.82) is 0 Å². The smallest absolute Gasteiger partial charge is 0.338 e. The molecule has 1 aromatic rings. The zero-order valence-electron chi connectivity index (χ0n) is 9.61. The number of carbonyl (C=O) groups excluding carboxylic acids is 2. The minimum atomic E-state index is -0.390. The molecule has 0 spiro atoms. The van der Waals surface area contributed by atoms with Gasteiger partial charge in [0.05, 0.1) is 11.5 Å². The molecule has 4 nitrogen and oxygen atoms in total. The molecule has 3 atom stereocenters. The van der Waals surface area contributed by atoms with Crippen molar-refractivity contribution in [3.05, 3.63) is 48.0 Å². The third-order valence-corrected chi connectivity index (χ3v) is 3.31. The highest BCUT2D eigenvalue weighted by molar-refractivity contribution is 5.89. The van der Waals surface area contributed by atoms with E-state index >= 15 is 0 Å². The second-order valence-electron chi connectivity index (χ2n) is 4.43. The Morgan fingerprint density at radius 2 is 2.00 bits per heavy atom. The van der Waals surface area contributed by atoms with Gasteiger partial charge in [-0.05, 0) is 12.1 Å². The van der Waals surface area contributed by atoms with E-state index in [1.54, 1.807) is 24.3 Å². The van der Waals surface area contributed by atoms with Crippen LogP contribution in [-0.4, -0.2) is 24.6 Å². The van der Waals surface area contributed by atoms with Gasteiger partial charge in [-0.3, -0.25) is 4.79 Å². The number of hydrogen-bond acceptors (Lipinski definition) is 4. The van der Waals surface area contributed by atoms with E-state index in [0.29, 0.717) is 5.56 Å². The molecular formula is C14H12O4. The van der Waals surface area contributed by atoms with Crippen molar-refractivity contribution < 1.29 is 19.1 Å². The van der Waals surface area contributed by atoms with Crippen LogP contribution in [0.2, 0.25) is 0 Å². The number of hydrogen-bond donors (Lipinski definition) is 0. The Hall–Kier alpha value is -2.10. The summed E-state index contributed by atoms with van der Waals surface area (Å²) in [5, 5.41) is 0. The maximum absolute atomic E-state index is 11.7. The Bertz CT molecular complexity index is 506. The van der Waals surface area contributed by atoms with Crippen LogP contribution in [0.25, 0.3) is 0 Å². The van der Waals surface area contributed by atoms with Gasteiger partial charge >= 0.3 is 11.9 Å². The van der Waals surface area contributed by atoms with Crippen LogP contribution in [0.1, 0.15) is 10.4 Å². The van der Waals surface area contributed by atoms with Gasteiger partial charge in [0.15, 0.2) is 0 Å². The van der Waals surface area contributed by atoms with Crippen molar-refractivity contribution in [1.82, 2.24) is 0 Å². The zero-order valence-corrected chi connectivity index (χ0v) is 9.61. The molecule has 1 heterocycles. The molecule has 92 valence electrons. The number of esters is 2. The average Bonchev–Trinajstić information content (AvgIpc) is 2.55. The van der Waals surface area contributed by atoms with Crippen molar-refractivity contribution in [3.8, 4) is 0 Å². The van der Waals surface area contributed by atoms with Crippen LogP contribution < -0.4 is 0 Å². The molecule has 0 unspecified atom stereocenters. The Kier molecular flexibility index (Phi) is 2.63. The van der Waals surface area contributed by atoms with Crippen LogP contribution in [0, 0.1) is 11.8 Å². The quantitative estimate of drug-likeness (QED) is 0.598. The van der Waals surface area contributed by atoms with Crippen molar-refractivity contribution in [2.24, 2.45) is 11.8 Å². The first kappa shape index (κ1) is 11.0. The lowest BCUT2D eigenvalue weighted by Gasteiger charge is -2.21. The van der Waals surface area contributed by atoms with E-state index in [9.17, 15) is 9.59 Å². The summed E-state index contributed by atoms with van der Waals surface area (Å²) in [5.74, 6) is -0.673. The molecule has 18 heavy (non-hydrogen) atoms. The molecule has 1 aliphatic carbocycles. The minimum absolute atomic E-state index is 0.0704. The normalized spacial score (nSPS) is 28.2. The molecule has 0 aromatic heterocycles. The van der Waals surface area contributed by atoms with Gasteiger partial charge in [0.2, 0.25) is 0 Å². The van der Waals surface area contributed by atoms with Gasteiger partial charge in [0, 0.05) is 5.92 Å². The summed E-state index contributed by atoms with van der Waals surface area (Å²) >= 11 is 0. The standard InChI is InChI=1S/C14H12O4/c15-13(9-4-2-1-3-5-9)17-8-12-10-6-7-11(10)14(16)18-12/h1-7,10-12H,8H2/t10-,11+,12+/m0/s1. The number of fused-ring (bicyclic) bond motifs is 1. The maximum atomic E-state index is 11.7. The van der Waals surface area contributed by atoms with Crippen molar-refractivity contribution in [2.45, 2.75) is 6.10 Å². The first-order chi connectivity index (χ1) is 8.75. The van der Waals surface area contributed by atoms with E-state index in [1.807, 2.05) is 18.2 Å². The van der Waals surface area contributed by atoms with Crippen molar-refractivity contribution in [2.75, 3.05) is 6.61 Å². The van der Waals surface area contributed by atoms with Crippen LogP contribution >= 0.6 is 0 Å².